The molecule has 0 aliphatic carbocycles. The molecule has 0 saturated carbocycles. The predicted octanol–water partition coefficient (Wildman–Crippen LogP) is -0.0354. The van der Waals surface area contributed by atoms with Crippen LogP contribution in [0.3, 0.4) is 0 Å². The van der Waals surface area contributed by atoms with E-state index in [0.29, 0.717) is 0 Å². The molecule has 5 nitrogen and oxygen atoms in total. The number of anilines is 1. The molecule has 1 aromatic rings. The standard InChI is InChI=1S/C5H6ClN3O2S/c6-3-1-9-2-4(5(3)7)12(8,10)11/h1-2H,(H2,7,9)(H2,8,10,11). The zero-order chi connectivity index (χ0) is 9.35. The molecule has 0 radical (unpaired) electrons. The Morgan fingerprint density at radius 2 is 2.00 bits per heavy atom. The van der Waals surface area contributed by atoms with Crippen molar-refractivity contribution in [3.8, 4) is 0 Å². The van der Waals surface area contributed by atoms with Gasteiger partial charge in [-0.3, -0.25) is 4.98 Å². The second-order valence-corrected chi connectivity index (χ2v) is 4.02. The van der Waals surface area contributed by atoms with Crippen molar-refractivity contribution in [1.82, 2.24) is 4.98 Å². The van der Waals surface area contributed by atoms with Crippen LogP contribution in [-0.2, 0) is 10.0 Å². The summed E-state index contributed by atoms with van der Waals surface area (Å²) in [5.74, 6) is 0. The number of nitrogens with two attached hydrogens (primary N) is 2. The van der Waals surface area contributed by atoms with Crippen molar-refractivity contribution in [2.75, 3.05) is 5.73 Å². The van der Waals surface area contributed by atoms with Crippen molar-refractivity contribution in [3.05, 3.63) is 17.4 Å². The van der Waals surface area contributed by atoms with E-state index in [1.807, 2.05) is 0 Å². The molecular weight excluding hydrogens is 202 g/mol. The molecule has 7 heteroatoms. The van der Waals surface area contributed by atoms with Crippen molar-refractivity contribution in [1.29, 1.82) is 0 Å². The maximum atomic E-state index is 10.8. The fraction of sp³-hybridized carbons (Fsp3) is 0. The molecule has 0 bridgehead atoms. The molecule has 0 aromatic carbocycles. The van der Waals surface area contributed by atoms with Crippen molar-refractivity contribution in [3.63, 3.8) is 0 Å². The van der Waals surface area contributed by atoms with Crippen LogP contribution in [-0.4, -0.2) is 13.4 Å². The molecule has 0 amide bonds. The summed E-state index contributed by atoms with van der Waals surface area (Å²) in [7, 11) is -3.83. The molecule has 4 N–H and O–H groups in total. The molecule has 0 atom stereocenters. The van der Waals surface area contributed by atoms with Crippen LogP contribution < -0.4 is 10.9 Å². The number of hydrogen-bond acceptors (Lipinski definition) is 4. The average Bonchev–Trinajstić information content (AvgIpc) is 1.92. The molecule has 1 aromatic heterocycles. The monoisotopic (exact) mass is 207 g/mol. The van der Waals surface area contributed by atoms with Crippen LogP contribution in [0.1, 0.15) is 0 Å². The second kappa shape index (κ2) is 2.89. The molecule has 0 fully saturated rings. The fourth-order valence-corrected chi connectivity index (χ4v) is 1.49. The van der Waals surface area contributed by atoms with Gasteiger partial charge in [-0.1, -0.05) is 11.6 Å². The summed E-state index contributed by atoms with van der Waals surface area (Å²) in [6, 6.07) is 0. The number of rotatable bonds is 1. The summed E-state index contributed by atoms with van der Waals surface area (Å²) in [6.45, 7) is 0. The molecule has 0 aliphatic rings. The summed E-state index contributed by atoms with van der Waals surface area (Å²) in [6.07, 6.45) is 2.29. The van der Waals surface area contributed by atoms with Gasteiger partial charge in [0.2, 0.25) is 10.0 Å². The van der Waals surface area contributed by atoms with Gasteiger partial charge >= 0.3 is 0 Å². The minimum Gasteiger partial charge on any atom is -0.396 e. The normalized spacial score (nSPS) is 11.5. The van der Waals surface area contributed by atoms with Gasteiger partial charge in [0, 0.05) is 12.4 Å². The maximum absolute atomic E-state index is 10.8. The molecule has 0 saturated heterocycles. The lowest BCUT2D eigenvalue weighted by Gasteiger charge is -2.02. The average molecular weight is 208 g/mol. The van der Waals surface area contributed by atoms with Crippen LogP contribution in [0, 0.1) is 0 Å². The Bertz CT molecular complexity index is 403. The van der Waals surface area contributed by atoms with E-state index in [1.54, 1.807) is 0 Å². The van der Waals surface area contributed by atoms with Crippen molar-refractivity contribution in [2.24, 2.45) is 5.14 Å². The first-order chi connectivity index (χ1) is 5.43. The predicted molar refractivity (Wildman–Crippen MR) is 45.0 cm³/mol. The third-order valence-corrected chi connectivity index (χ3v) is 2.45. The fourth-order valence-electron chi connectivity index (χ4n) is 0.654. The third kappa shape index (κ3) is 1.66. The highest BCUT2D eigenvalue weighted by Crippen LogP contribution is 2.23. The summed E-state index contributed by atoms with van der Waals surface area (Å²) in [4.78, 5) is 3.29. The highest BCUT2D eigenvalue weighted by molar-refractivity contribution is 7.89. The van der Waals surface area contributed by atoms with Gasteiger partial charge in [0.15, 0.2) is 0 Å². The lowest BCUT2D eigenvalue weighted by atomic mass is 10.4. The summed E-state index contributed by atoms with van der Waals surface area (Å²) in [5, 5.41) is 4.89. The number of aromatic nitrogens is 1. The van der Waals surface area contributed by atoms with Gasteiger partial charge < -0.3 is 5.73 Å². The first-order valence-corrected chi connectivity index (χ1v) is 4.77. The van der Waals surface area contributed by atoms with E-state index >= 15 is 0 Å². The van der Waals surface area contributed by atoms with Crippen LogP contribution in [0.4, 0.5) is 5.69 Å². The molecule has 0 unspecified atom stereocenters. The smallest absolute Gasteiger partial charge is 0.241 e. The number of halogens is 1. The number of nitrogen functional groups attached to an aromatic ring is 1. The van der Waals surface area contributed by atoms with Gasteiger partial charge in [-0.15, -0.1) is 0 Å². The largest absolute Gasteiger partial charge is 0.396 e. The molecule has 0 spiro atoms. The van der Waals surface area contributed by atoms with Crippen LogP contribution in [0.15, 0.2) is 17.3 Å². The summed E-state index contributed by atoms with van der Waals surface area (Å²) < 4.78 is 21.6. The number of hydrogen-bond donors (Lipinski definition) is 2. The van der Waals surface area contributed by atoms with Gasteiger partial charge in [0.05, 0.1) is 10.7 Å². The second-order valence-electron chi connectivity index (χ2n) is 2.08. The lowest BCUT2D eigenvalue weighted by molar-refractivity contribution is 0.598. The topological polar surface area (TPSA) is 99.1 Å². The highest BCUT2D eigenvalue weighted by Gasteiger charge is 2.14. The Hall–Kier alpha value is -0.850. The molecule has 12 heavy (non-hydrogen) atoms. The van der Waals surface area contributed by atoms with Crippen molar-refractivity contribution >= 4 is 27.3 Å². The molecular formula is C5H6ClN3O2S. The Morgan fingerprint density at radius 1 is 1.42 bits per heavy atom. The quantitative estimate of drug-likeness (QED) is 0.675. The Morgan fingerprint density at radius 3 is 2.42 bits per heavy atom. The Balaban J connectivity index is 3.47. The summed E-state index contributed by atoms with van der Waals surface area (Å²) in [5.41, 5.74) is 5.26. The Labute approximate surface area is 74.4 Å². The van der Waals surface area contributed by atoms with Gasteiger partial charge in [-0.2, -0.15) is 0 Å². The molecule has 1 rings (SSSR count). The zero-order valence-electron chi connectivity index (χ0n) is 5.86. The Kier molecular flexibility index (Phi) is 2.22. The zero-order valence-corrected chi connectivity index (χ0v) is 7.43. The van der Waals surface area contributed by atoms with E-state index in [2.05, 4.69) is 4.98 Å². The highest BCUT2D eigenvalue weighted by atomic mass is 35.5. The minimum atomic E-state index is -3.83. The third-order valence-electron chi connectivity index (χ3n) is 1.21. The van der Waals surface area contributed by atoms with E-state index in [-0.39, 0.29) is 15.6 Å². The first kappa shape index (κ1) is 9.24. The van der Waals surface area contributed by atoms with Crippen LogP contribution in [0.5, 0.6) is 0 Å². The van der Waals surface area contributed by atoms with Crippen LogP contribution in [0.2, 0.25) is 5.02 Å². The lowest BCUT2D eigenvalue weighted by Crippen LogP contribution is -2.14. The molecule has 0 aliphatic heterocycles. The van der Waals surface area contributed by atoms with E-state index in [1.165, 1.54) is 6.20 Å². The van der Waals surface area contributed by atoms with E-state index < -0.39 is 10.0 Å². The summed E-state index contributed by atoms with van der Waals surface area (Å²) >= 11 is 5.51. The minimum absolute atomic E-state index is 0.0709. The number of sulfonamides is 1. The number of pyridine rings is 1. The molecule has 1 heterocycles. The van der Waals surface area contributed by atoms with Gasteiger partial charge in [-0.25, -0.2) is 13.6 Å². The molecule has 66 valence electrons. The van der Waals surface area contributed by atoms with E-state index in [9.17, 15) is 8.42 Å². The van der Waals surface area contributed by atoms with E-state index in [0.717, 1.165) is 6.20 Å². The van der Waals surface area contributed by atoms with Crippen LogP contribution in [0.25, 0.3) is 0 Å². The van der Waals surface area contributed by atoms with Gasteiger partial charge in [0.1, 0.15) is 4.90 Å². The van der Waals surface area contributed by atoms with E-state index in [4.69, 9.17) is 22.5 Å². The number of primary sulfonamides is 1. The van der Waals surface area contributed by atoms with Crippen molar-refractivity contribution < 1.29 is 8.42 Å². The van der Waals surface area contributed by atoms with Crippen LogP contribution >= 0.6 is 11.6 Å². The maximum Gasteiger partial charge on any atom is 0.241 e. The van der Waals surface area contributed by atoms with Gasteiger partial charge in [0.25, 0.3) is 0 Å². The van der Waals surface area contributed by atoms with Gasteiger partial charge in [-0.05, 0) is 0 Å². The number of nitrogens with zero attached hydrogens (tertiary/aromatic N) is 1. The van der Waals surface area contributed by atoms with Crippen molar-refractivity contribution in [2.45, 2.75) is 4.90 Å². The first-order valence-electron chi connectivity index (χ1n) is 2.84. The SMILES string of the molecule is Nc1c(Cl)cncc1S(N)(=O)=O.